The number of amides is 1. The average Bonchev–Trinajstić information content (AvgIpc) is 3.21. The van der Waals surface area contributed by atoms with E-state index in [1.807, 2.05) is 36.1 Å². The summed E-state index contributed by atoms with van der Waals surface area (Å²) < 4.78 is 5.39. The summed E-state index contributed by atoms with van der Waals surface area (Å²) in [5, 5.41) is 0. The van der Waals surface area contributed by atoms with E-state index in [-0.39, 0.29) is 11.8 Å². The number of ether oxygens (including phenoxy) is 1. The van der Waals surface area contributed by atoms with Crippen molar-refractivity contribution in [3.05, 3.63) is 29.8 Å². The van der Waals surface area contributed by atoms with Crippen LogP contribution in [0.4, 0.5) is 0 Å². The molecule has 4 heteroatoms. The van der Waals surface area contributed by atoms with Gasteiger partial charge in [0.05, 0.1) is 6.61 Å². The van der Waals surface area contributed by atoms with Crippen LogP contribution in [-0.2, 0) is 11.3 Å². The summed E-state index contributed by atoms with van der Waals surface area (Å²) in [6.45, 7) is 3.27. The van der Waals surface area contributed by atoms with Crippen LogP contribution in [0.15, 0.2) is 24.3 Å². The first-order valence-corrected chi connectivity index (χ1v) is 6.85. The number of carbonyl (C=O) groups is 1. The zero-order valence-corrected chi connectivity index (χ0v) is 11.3. The highest BCUT2D eigenvalue weighted by Crippen LogP contribution is 2.28. The topological polar surface area (TPSA) is 29.5 Å². The fourth-order valence-corrected chi connectivity index (χ4v) is 2.09. The van der Waals surface area contributed by atoms with Gasteiger partial charge < -0.3 is 9.64 Å². The van der Waals surface area contributed by atoms with Crippen molar-refractivity contribution in [1.82, 2.24) is 4.90 Å². The number of halogens is 1. The Labute approximate surface area is 113 Å². The first-order valence-electron chi connectivity index (χ1n) is 6.31. The third kappa shape index (κ3) is 3.39. The Hall–Kier alpha value is -1.22. The van der Waals surface area contributed by atoms with Crippen molar-refractivity contribution in [1.29, 1.82) is 0 Å². The van der Waals surface area contributed by atoms with Crippen LogP contribution in [0.2, 0.25) is 0 Å². The third-order valence-corrected chi connectivity index (χ3v) is 3.24. The lowest BCUT2D eigenvalue weighted by Crippen LogP contribution is -2.33. The van der Waals surface area contributed by atoms with Crippen molar-refractivity contribution < 1.29 is 9.53 Å². The van der Waals surface area contributed by atoms with Crippen LogP contribution in [0.3, 0.4) is 0 Å². The van der Waals surface area contributed by atoms with E-state index in [1.165, 1.54) is 0 Å². The Balaban J connectivity index is 2.00. The van der Waals surface area contributed by atoms with Gasteiger partial charge in [0.25, 0.3) is 0 Å². The lowest BCUT2D eigenvalue weighted by Gasteiger charge is -2.21. The summed E-state index contributed by atoms with van der Waals surface area (Å²) in [5.74, 6) is 0.948. The molecule has 18 heavy (non-hydrogen) atoms. The second kappa shape index (κ2) is 6.10. The van der Waals surface area contributed by atoms with Gasteiger partial charge in [0, 0.05) is 12.6 Å². The van der Waals surface area contributed by atoms with Gasteiger partial charge in [-0.15, -0.1) is 11.6 Å². The molecular weight excluding hydrogens is 250 g/mol. The molecule has 1 saturated carbocycles. The van der Waals surface area contributed by atoms with Gasteiger partial charge in [0.15, 0.2) is 0 Å². The number of nitrogens with zero attached hydrogens (tertiary/aromatic N) is 1. The van der Waals surface area contributed by atoms with Gasteiger partial charge in [0.1, 0.15) is 11.6 Å². The highest BCUT2D eigenvalue weighted by atomic mass is 35.5. The fraction of sp³-hybridized carbons (Fsp3) is 0.500. The van der Waals surface area contributed by atoms with Gasteiger partial charge in [-0.3, -0.25) is 4.79 Å². The van der Waals surface area contributed by atoms with Crippen molar-refractivity contribution in [3.8, 4) is 5.75 Å². The molecule has 2 rings (SSSR count). The van der Waals surface area contributed by atoms with E-state index in [0.717, 1.165) is 24.2 Å². The van der Waals surface area contributed by atoms with Gasteiger partial charge in [-0.05, 0) is 37.5 Å². The van der Waals surface area contributed by atoms with Crippen LogP contribution in [0.5, 0.6) is 5.75 Å². The van der Waals surface area contributed by atoms with Crippen LogP contribution < -0.4 is 4.74 Å². The van der Waals surface area contributed by atoms with Crippen LogP contribution >= 0.6 is 11.6 Å². The molecule has 0 atom stereocenters. The van der Waals surface area contributed by atoms with Crippen LogP contribution in [-0.4, -0.2) is 29.3 Å². The molecule has 1 aromatic rings. The first kappa shape index (κ1) is 13.2. The summed E-state index contributed by atoms with van der Waals surface area (Å²) in [6.07, 6.45) is 2.19. The second-order valence-corrected chi connectivity index (χ2v) is 4.73. The molecule has 0 N–H and O–H groups in total. The Morgan fingerprint density at radius 2 is 2.06 bits per heavy atom. The second-order valence-electron chi connectivity index (χ2n) is 4.46. The minimum Gasteiger partial charge on any atom is -0.494 e. The number of alkyl halides is 1. The predicted octanol–water partition coefficient (Wildman–Crippen LogP) is 2.82. The number of hydrogen-bond acceptors (Lipinski definition) is 2. The van der Waals surface area contributed by atoms with Crippen molar-refractivity contribution in [2.24, 2.45) is 0 Å². The van der Waals surface area contributed by atoms with E-state index in [0.29, 0.717) is 19.2 Å². The maximum atomic E-state index is 11.7. The van der Waals surface area contributed by atoms with Crippen molar-refractivity contribution in [3.63, 3.8) is 0 Å². The standard InChI is InChI=1S/C14H18ClNO2/c1-2-18-13-7-3-11(4-8-13)10-16(12-5-6-12)14(17)9-15/h3-4,7-8,12H,2,5-6,9-10H2,1H3. The van der Waals surface area contributed by atoms with Crippen molar-refractivity contribution >= 4 is 17.5 Å². The SMILES string of the molecule is CCOc1ccc(CN(C(=O)CCl)C2CC2)cc1. The lowest BCUT2D eigenvalue weighted by molar-refractivity contribution is -0.129. The van der Waals surface area contributed by atoms with Crippen molar-refractivity contribution in [2.75, 3.05) is 12.5 Å². The lowest BCUT2D eigenvalue weighted by atomic mass is 10.2. The first-order chi connectivity index (χ1) is 8.74. The zero-order chi connectivity index (χ0) is 13.0. The van der Waals surface area contributed by atoms with Gasteiger partial charge in [-0.2, -0.15) is 0 Å². The van der Waals surface area contributed by atoms with Gasteiger partial charge in [0.2, 0.25) is 5.91 Å². The molecule has 0 saturated heterocycles. The number of hydrogen-bond donors (Lipinski definition) is 0. The minimum absolute atomic E-state index is 0.0213. The highest BCUT2D eigenvalue weighted by Gasteiger charge is 2.31. The van der Waals surface area contributed by atoms with E-state index in [2.05, 4.69) is 0 Å². The van der Waals surface area contributed by atoms with E-state index >= 15 is 0 Å². The molecule has 0 bridgehead atoms. The molecule has 1 aliphatic carbocycles. The Bertz CT molecular complexity index is 401. The molecule has 0 heterocycles. The van der Waals surface area contributed by atoms with Gasteiger partial charge in [-0.25, -0.2) is 0 Å². The number of rotatable bonds is 6. The largest absolute Gasteiger partial charge is 0.494 e. The van der Waals surface area contributed by atoms with Gasteiger partial charge in [-0.1, -0.05) is 12.1 Å². The monoisotopic (exact) mass is 267 g/mol. The smallest absolute Gasteiger partial charge is 0.238 e. The third-order valence-electron chi connectivity index (χ3n) is 3.01. The summed E-state index contributed by atoms with van der Waals surface area (Å²) in [6, 6.07) is 8.27. The molecule has 1 aromatic carbocycles. The Morgan fingerprint density at radius 3 is 2.56 bits per heavy atom. The molecule has 0 unspecified atom stereocenters. The quantitative estimate of drug-likeness (QED) is 0.742. The summed E-state index contributed by atoms with van der Waals surface area (Å²) >= 11 is 5.64. The van der Waals surface area contributed by atoms with E-state index < -0.39 is 0 Å². The average molecular weight is 268 g/mol. The van der Waals surface area contributed by atoms with E-state index in [1.54, 1.807) is 0 Å². The van der Waals surface area contributed by atoms with Crippen molar-refractivity contribution in [2.45, 2.75) is 32.4 Å². The molecular formula is C14H18ClNO2. The molecule has 3 nitrogen and oxygen atoms in total. The number of benzene rings is 1. The maximum Gasteiger partial charge on any atom is 0.238 e. The molecule has 1 amide bonds. The zero-order valence-electron chi connectivity index (χ0n) is 10.6. The van der Waals surface area contributed by atoms with Crippen LogP contribution in [0.1, 0.15) is 25.3 Å². The molecule has 0 aliphatic heterocycles. The molecule has 0 spiro atoms. The Morgan fingerprint density at radius 1 is 1.39 bits per heavy atom. The van der Waals surface area contributed by atoms with E-state index in [9.17, 15) is 4.79 Å². The minimum atomic E-state index is 0.0213. The molecule has 0 aromatic heterocycles. The highest BCUT2D eigenvalue weighted by molar-refractivity contribution is 6.27. The fourth-order valence-electron chi connectivity index (χ4n) is 1.94. The summed E-state index contributed by atoms with van der Waals surface area (Å²) in [7, 11) is 0. The molecule has 0 radical (unpaired) electrons. The van der Waals surface area contributed by atoms with Crippen LogP contribution in [0, 0.1) is 0 Å². The summed E-state index contributed by atoms with van der Waals surface area (Å²) in [4.78, 5) is 13.6. The van der Waals surface area contributed by atoms with Gasteiger partial charge >= 0.3 is 0 Å². The maximum absolute atomic E-state index is 11.7. The van der Waals surface area contributed by atoms with Crippen LogP contribution in [0.25, 0.3) is 0 Å². The predicted molar refractivity (Wildman–Crippen MR) is 71.9 cm³/mol. The molecule has 1 aliphatic rings. The molecule has 1 fully saturated rings. The normalized spacial score (nSPS) is 14.3. The number of carbonyl (C=O) groups excluding carboxylic acids is 1. The Kier molecular flexibility index (Phi) is 4.48. The van der Waals surface area contributed by atoms with E-state index in [4.69, 9.17) is 16.3 Å². The molecule has 98 valence electrons. The summed E-state index contributed by atoms with van der Waals surface area (Å²) in [5.41, 5.74) is 1.11.